The molecule has 4 heteroatoms. The van der Waals surface area contributed by atoms with Gasteiger partial charge in [-0.3, -0.25) is 0 Å². The fraction of sp³-hybridized carbons (Fsp3) is 0. The average Bonchev–Trinajstić information content (AvgIpc) is 2.32. The number of rotatable bonds is 1. The molecule has 0 atom stereocenters. The van der Waals surface area contributed by atoms with Crippen LogP contribution in [0.4, 0.5) is 17.1 Å². The highest BCUT2D eigenvalue weighted by molar-refractivity contribution is 5.90. The summed E-state index contributed by atoms with van der Waals surface area (Å²) in [4.78, 5) is 0. The van der Waals surface area contributed by atoms with Gasteiger partial charge in [0.05, 0.1) is 11.4 Å². The molecule has 0 aliphatic carbocycles. The molecule has 4 nitrogen and oxygen atoms in total. The largest absolute Gasteiger partial charge is 0.505 e. The molecule has 0 aromatic heterocycles. The fourth-order valence-corrected chi connectivity index (χ4v) is 1.57. The summed E-state index contributed by atoms with van der Waals surface area (Å²) in [6, 6.07) is 11.0. The Labute approximate surface area is 93.3 Å². The van der Waals surface area contributed by atoms with Gasteiger partial charge in [-0.15, -0.1) is 0 Å². The summed E-state index contributed by atoms with van der Waals surface area (Å²) >= 11 is 0. The number of phenols is 1. The van der Waals surface area contributed by atoms with Crippen LogP contribution in [0.1, 0.15) is 0 Å². The highest BCUT2D eigenvalue weighted by Crippen LogP contribution is 2.40. The third-order valence-electron chi connectivity index (χ3n) is 2.50. The SMILES string of the molecule is Nc1cc(-c2ccccc2)c(O)c(N)c1N. The van der Waals surface area contributed by atoms with Crippen molar-refractivity contribution in [1.29, 1.82) is 0 Å². The topological polar surface area (TPSA) is 98.3 Å². The Bertz CT molecular complexity index is 524. The van der Waals surface area contributed by atoms with Crippen molar-refractivity contribution in [2.75, 3.05) is 17.2 Å². The molecule has 0 heterocycles. The maximum absolute atomic E-state index is 9.90. The zero-order valence-corrected chi connectivity index (χ0v) is 8.64. The van der Waals surface area contributed by atoms with Gasteiger partial charge in [0.25, 0.3) is 0 Å². The summed E-state index contributed by atoms with van der Waals surface area (Å²) in [5, 5.41) is 9.90. The fourth-order valence-electron chi connectivity index (χ4n) is 1.57. The Hall–Kier alpha value is -2.36. The van der Waals surface area contributed by atoms with E-state index in [9.17, 15) is 5.11 Å². The molecule has 0 saturated carbocycles. The number of phenolic OH excluding ortho intramolecular Hbond substituents is 1. The maximum atomic E-state index is 9.90. The molecule has 0 bridgehead atoms. The second kappa shape index (κ2) is 3.66. The van der Waals surface area contributed by atoms with E-state index in [1.807, 2.05) is 30.3 Å². The van der Waals surface area contributed by atoms with Gasteiger partial charge in [0.15, 0.2) is 0 Å². The lowest BCUT2D eigenvalue weighted by Crippen LogP contribution is -2.01. The Balaban J connectivity index is 2.68. The van der Waals surface area contributed by atoms with E-state index in [-0.39, 0.29) is 17.1 Å². The van der Waals surface area contributed by atoms with E-state index in [0.29, 0.717) is 11.3 Å². The minimum absolute atomic E-state index is 0.0297. The molecular weight excluding hydrogens is 202 g/mol. The lowest BCUT2D eigenvalue weighted by atomic mass is 10.0. The van der Waals surface area contributed by atoms with Gasteiger partial charge >= 0.3 is 0 Å². The van der Waals surface area contributed by atoms with Crippen molar-refractivity contribution in [2.24, 2.45) is 0 Å². The molecule has 0 unspecified atom stereocenters. The zero-order valence-electron chi connectivity index (χ0n) is 8.64. The Morgan fingerprint density at radius 2 is 1.50 bits per heavy atom. The molecule has 7 N–H and O–H groups in total. The van der Waals surface area contributed by atoms with Gasteiger partial charge in [-0.2, -0.15) is 0 Å². The molecule has 0 amide bonds. The predicted molar refractivity (Wildman–Crippen MR) is 66.8 cm³/mol. The van der Waals surface area contributed by atoms with Crippen LogP contribution in [0, 0.1) is 0 Å². The maximum Gasteiger partial charge on any atom is 0.148 e. The first-order chi connectivity index (χ1) is 7.61. The highest BCUT2D eigenvalue weighted by Gasteiger charge is 2.12. The van der Waals surface area contributed by atoms with Crippen LogP contribution in [-0.4, -0.2) is 5.11 Å². The first kappa shape index (κ1) is 10.2. The third kappa shape index (κ3) is 1.50. The van der Waals surface area contributed by atoms with Crippen LogP contribution in [0.25, 0.3) is 11.1 Å². The van der Waals surface area contributed by atoms with Gasteiger partial charge in [-0.25, -0.2) is 0 Å². The molecule has 0 fully saturated rings. The number of benzene rings is 2. The van der Waals surface area contributed by atoms with Crippen molar-refractivity contribution in [3.05, 3.63) is 36.4 Å². The monoisotopic (exact) mass is 215 g/mol. The number of hydrogen-bond acceptors (Lipinski definition) is 4. The molecule has 82 valence electrons. The molecule has 16 heavy (non-hydrogen) atoms. The lowest BCUT2D eigenvalue weighted by molar-refractivity contribution is 0.480. The van der Waals surface area contributed by atoms with Gasteiger partial charge in [-0.05, 0) is 11.6 Å². The highest BCUT2D eigenvalue weighted by atomic mass is 16.3. The molecule has 2 rings (SSSR count). The van der Waals surface area contributed by atoms with Crippen LogP contribution in [-0.2, 0) is 0 Å². The van der Waals surface area contributed by atoms with Gasteiger partial charge < -0.3 is 22.3 Å². The second-order valence-corrected chi connectivity index (χ2v) is 3.56. The van der Waals surface area contributed by atoms with Crippen LogP contribution in [0.2, 0.25) is 0 Å². The first-order valence-electron chi connectivity index (χ1n) is 4.83. The predicted octanol–water partition coefficient (Wildman–Crippen LogP) is 1.81. The van der Waals surface area contributed by atoms with E-state index in [0.717, 1.165) is 5.56 Å². The Kier molecular flexibility index (Phi) is 2.32. The molecular formula is C12H13N3O. The Morgan fingerprint density at radius 3 is 2.12 bits per heavy atom. The van der Waals surface area contributed by atoms with E-state index < -0.39 is 0 Å². The second-order valence-electron chi connectivity index (χ2n) is 3.56. The van der Waals surface area contributed by atoms with Crippen molar-refractivity contribution >= 4 is 17.1 Å². The standard InChI is InChI=1S/C12H13N3O/c13-9-6-8(7-4-2-1-3-5-7)12(16)11(15)10(9)14/h1-6,16H,13-15H2. The molecule has 0 aliphatic rings. The van der Waals surface area contributed by atoms with Crippen molar-refractivity contribution in [2.45, 2.75) is 0 Å². The van der Waals surface area contributed by atoms with Crippen LogP contribution < -0.4 is 17.2 Å². The van der Waals surface area contributed by atoms with Crippen LogP contribution in [0.15, 0.2) is 36.4 Å². The molecule has 0 spiro atoms. The molecule has 0 saturated heterocycles. The summed E-state index contributed by atoms with van der Waals surface area (Å²) < 4.78 is 0. The summed E-state index contributed by atoms with van der Waals surface area (Å²) in [5.74, 6) is -0.0297. The van der Waals surface area contributed by atoms with Gasteiger partial charge in [-0.1, -0.05) is 30.3 Å². The van der Waals surface area contributed by atoms with Crippen molar-refractivity contribution in [3.8, 4) is 16.9 Å². The molecule has 0 aliphatic heterocycles. The minimum Gasteiger partial charge on any atom is -0.505 e. The molecule has 2 aromatic rings. The van der Waals surface area contributed by atoms with Gasteiger partial charge in [0, 0.05) is 5.56 Å². The molecule has 2 aromatic carbocycles. The summed E-state index contributed by atoms with van der Waals surface area (Å²) in [6.45, 7) is 0. The zero-order chi connectivity index (χ0) is 11.7. The third-order valence-corrected chi connectivity index (χ3v) is 2.50. The van der Waals surface area contributed by atoms with Gasteiger partial charge in [0.1, 0.15) is 11.4 Å². The average molecular weight is 215 g/mol. The summed E-state index contributed by atoms with van der Waals surface area (Å²) in [6.07, 6.45) is 0. The number of nitrogen functional groups attached to an aromatic ring is 3. The van der Waals surface area contributed by atoms with Crippen LogP contribution in [0.3, 0.4) is 0 Å². The number of anilines is 3. The van der Waals surface area contributed by atoms with E-state index in [4.69, 9.17) is 17.2 Å². The van der Waals surface area contributed by atoms with Crippen LogP contribution in [0.5, 0.6) is 5.75 Å². The van der Waals surface area contributed by atoms with Crippen molar-refractivity contribution in [3.63, 3.8) is 0 Å². The number of aromatic hydroxyl groups is 1. The smallest absolute Gasteiger partial charge is 0.148 e. The quantitative estimate of drug-likeness (QED) is 0.331. The summed E-state index contributed by atoms with van der Waals surface area (Å²) in [7, 11) is 0. The van der Waals surface area contributed by atoms with Crippen molar-refractivity contribution in [1.82, 2.24) is 0 Å². The van der Waals surface area contributed by atoms with E-state index in [1.54, 1.807) is 6.07 Å². The summed E-state index contributed by atoms with van der Waals surface area (Å²) in [5.41, 5.74) is 19.1. The minimum atomic E-state index is -0.0297. The lowest BCUT2D eigenvalue weighted by Gasteiger charge is -2.11. The first-order valence-corrected chi connectivity index (χ1v) is 4.83. The number of hydrogen-bond donors (Lipinski definition) is 4. The van der Waals surface area contributed by atoms with E-state index in [1.165, 1.54) is 0 Å². The van der Waals surface area contributed by atoms with E-state index >= 15 is 0 Å². The van der Waals surface area contributed by atoms with E-state index in [2.05, 4.69) is 0 Å². The Morgan fingerprint density at radius 1 is 0.875 bits per heavy atom. The van der Waals surface area contributed by atoms with Crippen LogP contribution >= 0.6 is 0 Å². The normalized spacial score (nSPS) is 10.2. The van der Waals surface area contributed by atoms with Crippen molar-refractivity contribution < 1.29 is 5.11 Å². The van der Waals surface area contributed by atoms with Gasteiger partial charge in [0.2, 0.25) is 0 Å². The number of nitrogens with two attached hydrogens (primary N) is 3. The molecule has 0 radical (unpaired) electrons.